The molecule has 0 heterocycles. The van der Waals surface area contributed by atoms with Crippen molar-refractivity contribution in [3.8, 4) is 6.07 Å². The molecule has 1 N–H and O–H groups in total. The molecule has 1 amide bonds. The largest absolute Gasteiger partial charge is 0.321 e. The number of carbonyl (C=O) groups is 1. The van der Waals surface area contributed by atoms with Crippen LogP contribution in [0.25, 0.3) is 6.08 Å². The number of nitriles is 1. The predicted molar refractivity (Wildman–Crippen MR) is 130 cm³/mol. The second-order valence-electron chi connectivity index (χ2n) is 7.09. The first-order valence-corrected chi connectivity index (χ1v) is 10.2. The Morgan fingerprint density at radius 1 is 0.688 bits per heavy atom. The van der Waals surface area contributed by atoms with E-state index in [9.17, 15) is 10.1 Å². The van der Waals surface area contributed by atoms with Crippen LogP contribution in [0, 0.1) is 11.3 Å². The van der Waals surface area contributed by atoms with Crippen LogP contribution >= 0.6 is 0 Å². The highest BCUT2D eigenvalue weighted by atomic mass is 16.1. The van der Waals surface area contributed by atoms with E-state index in [1.807, 2.05) is 84.9 Å². The van der Waals surface area contributed by atoms with Gasteiger partial charge in [-0.3, -0.25) is 4.79 Å². The van der Waals surface area contributed by atoms with E-state index in [1.165, 1.54) is 0 Å². The number of para-hydroxylation sites is 3. The minimum atomic E-state index is -0.432. The molecule has 0 saturated carbocycles. The van der Waals surface area contributed by atoms with Gasteiger partial charge in [-0.15, -0.1) is 0 Å². The number of rotatable bonds is 6. The number of anilines is 4. The van der Waals surface area contributed by atoms with Gasteiger partial charge in [0, 0.05) is 22.7 Å². The number of amides is 1. The molecular formula is C28H21N3O. The fraction of sp³-hybridized carbons (Fsp3) is 0. The van der Waals surface area contributed by atoms with Crippen molar-refractivity contribution in [3.05, 3.63) is 126 Å². The SMILES string of the molecule is N#C/C(=C/c1ccc(N(c2ccccc2)c2ccccc2)cc1)C(=O)Nc1ccccc1. The third-order valence-electron chi connectivity index (χ3n) is 4.89. The summed E-state index contributed by atoms with van der Waals surface area (Å²) in [4.78, 5) is 14.6. The maximum atomic E-state index is 12.5. The molecule has 0 spiro atoms. The van der Waals surface area contributed by atoms with Gasteiger partial charge in [-0.2, -0.15) is 5.26 Å². The van der Waals surface area contributed by atoms with Gasteiger partial charge in [0.15, 0.2) is 0 Å². The molecule has 154 valence electrons. The molecule has 0 aliphatic carbocycles. The fourth-order valence-corrected chi connectivity index (χ4v) is 3.36. The lowest BCUT2D eigenvalue weighted by Crippen LogP contribution is -2.13. The smallest absolute Gasteiger partial charge is 0.266 e. The van der Waals surface area contributed by atoms with E-state index in [4.69, 9.17) is 0 Å². The zero-order chi connectivity index (χ0) is 22.2. The van der Waals surface area contributed by atoms with Crippen LogP contribution < -0.4 is 10.2 Å². The summed E-state index contributed by atoms with van der Waals surface area (Å²) in [7, 11) is 0. The van der Waals surface area contributed by atoms with Crippen molar-refractivity contribution in [2.45, 2.75) is 0 Å². The quantitative estimate of drug-likeness (QED) is 0.281. The van der Waals surface area contributed by atoms with Gasteiger partial charge in [0.1, 0.15) is 11.6 Å². The van der Waals surface area contributed by atoms with Crippen molar-refractivity contribution in [3.63, 3.8) is 0 Å². The highest BCUT2D eigenvalue weighted by Crippen LogP contribution is 2.34. The number of hydrogen-bond acceptors (Lipinski definition) is 3. The van der Waals surface area contributed by atoms with Crippen LogP contribution in [-0.2, 0) is 4.79 Å². The standard InChI is InChI=1S/C28H21N3O/c29-21-23(28(32)30-24-10-4-1-5-11-24)20-22-16-18-27(19-17-22)31(25-12-6-2-7-13-25)26-14-8-3-9-15-26/h1-20H,(H,30,32)/b23-20-. The summed E-state index contributed by atoms with van der Waals surface area (Å²) < 4.78 is 0. The van der Waals surface area contributed by atoms with E-state index >= 15 is 0 Å². The number of carbonyl (C=O) groups excluding carboxylic acids is 1. The van der Waals surface area contributed by atoms with Crippen molar-refractivity contribution in [2.24, 2.45) is 0 Å². The van der Waals surface area contributed by atoms with Gasteiger partial charge in [0.05, 0.1) is 0 Å². The van der Waals surface area contributed by atoms with Crippen LogP contribution in [0.4, 0.5) is 22.7 Å². The molecule has 0 unspecified atom stereocenters. The monoisotopic (exact) mass is 415 g/mol. The highest BCUT2D eigenvalue weighted by molar-refractivity contribution is 6.09. The van der Waals surface area contributed by atoms with E-state index in [1.54, 1.807) is 18.2 Å². The summed E-state index contributed by atoms with van der Waals surface area (Å²) in [5.74, 6) is -0.432. The Morgan fingerprint density at radius 3 is 1.66 bits per heavy atom. The molecule has 0 saturated heterocycles. The zero-order valence-electron chi connectivity index (χ0n) is 17.3. The Labute approximate surface area is 187 Å². The molecule has 0 aromatic heterocycles. The van der Waals surface area contributed by atoms with Gasteiger partial charge >= 0.3 is 0 Å². The molecule has 0 aliphatic rings. The second kappa shape index (κ2) is 9.92. The van der Waals surface area contributed by atoms with Crippen molar-refractivity contribution >= 4 is 34.7 Å². The van der Waals surface area contributed by atoms with Gasteiger partial charge in [-0.25, -0.2) is 0 Å². The lowest BCUT2D eigenvalue weighted by molar-refractivity contribution is -0.112. The van der Waals surface area contributed by atoms with E-state index in [-0.39, 0.29) is 5.57 Å². The van der Waals surface area contributed by atoms with E-state index in [2.05, 4.69) is 34.5 Å². The Morgan fingerprint density at radius 2 is 1.16 bits per heavy atom. The van der Waals surface area contributed by atoms with Crippen molar-refractivity contribution in [2.75, 3.05) is 10.2 Å². The first-order chi connectivity index (χ1) is 15.7. The van der Waals surface area contributed by atoms with E-state index in [0.29, 0.717) is 5.69 Å². The van der Waals surface area contributed by atoms with E-state index in [0.717, 1.165) is 22.6 Å². The number of hydrogen-bond donors (Lipinski definition) is 1. The molecule has 32 heavy (non-hydrogen) atoms. The summed E-state index contributed by atoms with van der Waals surface area (Å²) in [5.41, 5.74) is 4.53. The molecule has 4 heteroatoms. The van der Waals surface area contributed by atoms with E-state index < -0.39 is 5.91 Å². The van der Waals surface area contributed by atoms with Crippen LogP contribution in [0.5, 0.6) is 0 Å². The van der Waals surface area contributed by atoms with Crippen LogP contribution in [0.1, 0.15) is 5.56 Å². The molecule has 4 aromatic rings. The van der Waals surface area contributed by atoms with Crippen LogP contribution in [0.3, 0.4) is 0 Å². The van der Waals surface area contributed by atoms with Crippen molar-refractivity contribution in [1.82, 2.24) is 0 Å². The summed E-state index contributed by atoms with van der Waals surface area (Å²) >= 11 is 0. The molecule has 0 aliphatic heterocycles. The first-order valence-electron chi connectivity index (χ1n) is 10.2. The van der Waals surface area contributed by atoms with Gasteiger partial charge in [-0.1, -0.05) is 66.7 Å². The molecule has 0 fully saturated rings. The number of nitrogens with one attached hydrogen (secondary N) is 1. The highest BCUT2D eigenvalue weighted by Gasteiger charge is 2.12. The minimum Gasteiger partial charge on any atom is -0.321 e. The van der Waals surface area contributed by atoms with Crippen LogP contribution in [0.2, 0.25) is 0 Å². The Bertz CT molecular complexity index is 1200. The molecule has 0 radical (unpaired) electrons. The molecule has 0 atom stereocenters. The third-order valence-corrected chi connectivity index (χ3v) is 4.89. The topological polar surface area (TPSA) is 56.1 Å². The third kappa shape index (κ3) is 4.92. The van der Waals surface area contributed by atoms with Gasteiger partial charge in [0.25, 0.3) is 5.91 Å². The van der Waals surface area contributed by atoms with Gasteiger partial charge < -0.3 is 10.2 Å². The normalized spacial score (nSPS) is 10.8. The lowest BCUT2D eigenvalue weighted by Gasteiger charge is -2.25. The second-order valence-corrected chi connectivity index (χ2v) is 7.09. The zero-order valence-corrected chi connectivity index (χ0v) is 17.3. The molecule has 4 nitrogen and oxygen atoms in total. The van der Waals surface area contributed by atoms with Gasteiger partial charge in [0.2, 0.25) is 0 Å². The predicted octanol–water partition coefficient (Wildman–Crippen LogP) is 6.70. The maximum absolute atomic E-state index is 12.5. The molecule has 4 aromatic carbocycles. The van der Waals surface area contributed by atoms with Crippen molar-refractivity contribution in [1.29, 1.82) is 5.26 Å². The lowest BCUT2D eigenvalue weighted by atomic mass is 10.1. The Hall–Kier alpha value is -4.62. The number of benzene rings is 4. The fourth-order valence-electron chi connectivity index (χ4n) is 3.36. The number of nitrogens with zero attached hydrogens (tertiary/aromatic N) is 2. The van der Waals surface area contributed by atoms with Crippen LogP contribution in [-0.4, -0.2) is 5.91 Å². The summed E-state index contributed by atoms with van der Waals surface area (Å²) in [6.07, 6.45) is 1.59. The van der Waals surface area contributed by atoms with Gasteiger partial charge in [-0.05, 0) is 60.2 Å². The first kappa shape index (κ1) is 20.6. The molecule has 4 rings (SSSR count). The minimum absolute atomic E-state index is 0.0459. The van der Waals surface area contributed by atoms with Crippen LogP contribution in [0.15, 0.2) is 121 Å². The average Bonchev–Trinajstić information content (AvgIpc) is 2.85. The van der Waals surface area contributed by atoms with Crippen molar-refractivity contribution < 1.29 is 4.79 Å². The molecule has 0 bridgehead atoms. The Kier molecular flexibility index (Phi) is 6.40. The Balaban J connectivity index is 1.61. The maximum Gasteiger partial charge on any atom is 0.266 e. The summed E-state index contributed by atoms with van der Waals surface area (Å²) in [6, 6.07) is 39.1. The summed E-state index contributed by atoms with van der Waals surface area (Å²) in [5, 5.41) is 12.2. The molecular weight excluding hydrogens is 394 g/mol. The summed E-state index contributed by atoms with van der Waals surface area (Å²) in [6.45, 7) is 0. The average molecular weight is 415 g/mol.